The third-order valence-corrected chi connectivity index (χ3v) is 8.04. The molecule has 1 aliphatic carbocycles. The number of fused-ring (bicyclic) bond motifs is 1. The van der Waals surface area contributed by atoms with E-state index in [0.717, 1.165) is 42.3 Å². The number of nitrogens with zero attached hydrogens (tertiary/aromatic N) is 3. The highest BCUT2D eigenvalue weighted by atomic mass is 32.2. The van der Waals surface area contributed by atoms with Crippen molar-refractivity contribution in [2.45, 2.75) is 51.9 Å². The van der Waals surface area contributed by atoms with Gasteiger partial charge in [0.1, 0.15) is 22.6 Å². The highest BCUT2D eigenvalue weighted by Gasteiger charge is 2.32. The molecule has 3 aromatic rings. The topological polar surface area (TPSA) is 110 Å². The molecule has 1 aliphatic rings. The Balaban J connectivity index is 1.30. The second-order valence-corrected chi connectivity index (χ2v) is 11.4. The average Bonchev–Trinajstić information content (AvgIpc) is 3.44. The number of ether oxygens (including phenoxy) is 2. The van der Waals surface area contributed by atoms with E-state index in [2.05, 4.69) is 42.4 Å². The van der Waals surface area contributed by atoms with Gasteiger partial charge in [-0.1, -0.05) is 32.5 Å². The van der Waals surface area contributed by atoms with Crippen LogP contribution in [0.15, 0.2) is 33.9 Å². The lowest BCUT2D eigenvalue weighted by Gasteiger charge is -2.33. The van der Waals surface area contributed by atoms with Crippen molar-refractivity contribution < 1.29 is 18.7 Å². The van der Waals surface area contributed by atoms with E-state index in [1.54, 1.807) is 31.4 Å². The Morgan fingerprint density at radius 2 is 2.03 bits per heavy atom. The summed E-state index contributed by atoms with van der Waals surface area (Å²) in [5.74, 6) is 2.16. The SMILES string of the molecule is COc1ccc(OCc2nnc(SCC(=O)Nc3sc4c(c3C#N)CC[C@@H](C(C)(C)C)C4)o2)cc1. The van der Waals surface area contributed by atoms with Gasteiger partial charge in [-0.2, -0.15) is 5.26 Å². The molecule has 2 aromatic heterocycles. The Bertz CT molecular complexity index is 1220. The molecule has 0 unspecified atom stereocenters. The lowest BCUT2D eigenvalue weighted by atomic mass is 9.72. The first-order chi connectivity index (χ1) is 16.8. The fourth-order valence-corrected chi connectivity index (χ4v) is 5.87. The van der Waals surface area contributed by atoms with Crippen molar-refractivity contribution in [3.8, 4) is 17.6 Å². The van der Waals surface area contributed by atoms with Gasteiger partial charge < -0.3 is 19.2 Å². The van der Waals surface area contributed by atoms with E-state index in [1.807, 2.05) is 0 Å². The molecule has 184 valence electrons. The molecule has 0 saturated heterocycles. The van der Waals surface area contributed by atoms with Gasteiger partial charge in [-0.25, -0.2) is 0 Å². The van der Waals surface area contributed by atoms with E-state index in [-0.39, 0.29) is 28.9 Å². The summed E-state index contributed by atoms with van der Waals surface area (Å²) in [6.07, 6.45) is 2.89. The van der Waals surface area contributed by atoms with Crippen molar-refractivity contribution in [1.29, 1.82) is 5.26 Å². The molecular formula is C25H28N4O4S2. The van der Waals surface area contributed by atoms with Gasteiger partial charge in [0.2, 0.25) is 5.91 Å². The Morgan fingerprint density at radius 3 is 2.71 bits per heavy atom. The molecule has 10 heteroatoms. The Hall–Kier alpha value is -3.03. The molecule has 0 spiro atoms. The Morgan fingerprint density at radius 1 is 1.29 bits per heavy atom. The first-order valence-electron chi connectivity index (χ1n) is 11.3. The maximum atomic E-state index is 12.6. The summed E-state index contributed by atoms with van der Waals surface area (Å²) in [5.41, 5.74) is 1.92. The maximum absolute atomic E-state index is 12.6. The lowest BCUT2D eigenvalue weighted by Crippen LogP contribution is -2.26. The number of rotatable bonds is 8. The van der Waals surface area contributed by atoms with Crippen molar-refractivity contribution in [3.05, 3.63) is 46.2 Å². The highest BCUT2D eigenvalue weighted by Crippen LogP contribution is 2.44. The Kier molecular flexibility index (Phi) is 7.67. The molecule has 1 amide bonds. The molecule has 0 saturated carbocycles. The number of anilines is 1. The van der Waals surface area contributed by atoms with Crippen LogP contribution in [0.25, 0.3) is 0 Å². The van der Waals surface area contributed by atoms with E-state index in [1.165, 1.54) is 16.2 Å². The van der Waals surface area contributed by atoms with Crippen LogP contribution in [0.3, 0.4) is 0 Å². The number of carbonyl (C=O) groups is 1. The minimum Gasteiger partial charge on any atom is -0.497 e. The molecule has 35 heavy (non-hydrogen) atoms. The normalized spacial score (nSPS) is 15.2. The van der Waals surface area contributed by atoms with Crippen LogP contribution in [0.2, 0.25) is 0 Å². The first kappa shape index (κ1) is 25.1. The summed E-state index contributed by atoms with van der Waals surface area (Å²) in [5, 5.41) is 21.5. The number of amides is 1. The largest absolute Gasteiger partial charge is 0.497 e. The van der Waals surface area contributed by atoms with E-state index >= 15 is 0 Å². The van der Waals surface area contributed by atoms with Crippen molar-refractivity contribution in [1.82, 2.24) is 10.2 Å². The molecule has 1 atom stereocenters. The third kappa shape index (κ3) is 6.16. The summed E-state index contributed by atoms with van der Waals surface area (Å²) in [7, 11) is 1.60. The molecular weight excluding hydrogens is 484 g/mol. The van der Waals surface area contributed by atoms with Crippen molar-refractivity contribution in [2.75, 3.05) is 18.2 Å². The average molecular weight is 513 g/mol. The van der Waals surface area contributed by atoms with Crippen LogP contribution < -0.4 is 14.8 Å². The zero-order valence-corrected chi connectivity index (χ0v) is 21.8. The second kappa shape index (κ2) is 10.7. The van der Waals surface area contributed by atoms with Gasteiger partial charge in [-0.05, 0) is 60.4 Å². The zero-order valence-electron chi connectivity index (χ0n) is 20.2. The monoisotopic (exact) mass is 512 g/mol. The van der Waals surface area contributed by atoms with Gasteiger partial charge in [0.25, 0.3) is 11.1 Å². The smallest absolute Gasteiger partial charge is 0.277 e. The number of nitriles is 1. The summed E-state index contributed by atoms with van der Waals surface area (Å²) < 4.78 is 16.3. The van der Waals surface area contributed by atoms with E-state index < -0.39 is 0 Å². The van der Waals surface area contributed by atoms with E-state index in [0.29, 0.717) is 28.1 Å². The van der Waals surface area contributed by atoms with Crippen molar-refractivity contribution in [2.24, 2.45) is 11.3 Å². The van der Waals surface area contributed by atoms with Crippen LogP contribution in [-0.2, 0) is 24.2 Å². The number of thiophene rings is 1. The molecule has 1 aromatic carbocycles. The number of aromatic nitrogens is 2. The molecule has 8 nitrogen and oxygen atoms in total. The van der Waals surface area contributed by atoms with Crippen molar-refractivity contribution in [3.63, 3.8) is 0 Å². The molecule has 0 bridgehead atoms. The quantitative estimate of drug-likeness (QED) is 0.396. The molecule has 4 rings (SSSR count). The van der Waals surface area contributed by atoms with Crippen molar-refractivity contribution >= 4 is 34.0 Å². The molecule has 0 aliphatic heterocycles. The van der Waals surface area contributed by atoms with Crippen LogP contribution in [0.4, 0.5) is 5.00 Å². The molecule has 0 radical (unpaired) electrons. The minimum absolute atomic E-state index is 0.0963. The lowest BCUT2D eigenvalue weighted by molar-refractivity contribution is -0.113. The first-order valence-corrected chi connectivity index (χ1v) is 13.1. The highest BCUT2D eigenvalue weighted by molar-refractivity contribution is 7.99. The second-order valence-electron chi connectivity index (χ2n) is 9.39. The van der Waals surface area contributed by atoms with Gasteiger partial charge in [0.15, 0.2) is 6.61 Å². The predicted octanol–water partition coefficient (Wildman–Crippen LogP) is 5.47. The maximum Gasteiger partial charge on any atom is 0.277 e. The molecule has 0 fully saturated rings. The van der Waals surface area contributed by atoms with Crippen LogP contribution >= 0.6 is 23.1 Å². The van der Waals surface area contributed by atoms with Crippen LogP contribution in [0, 0.1) is 22.7 Å². The van der Waals surface area contributed by atoms with E-state index in [9.17, 15) is 10.1 Å². The number of carbonyl (C=O) groups excluding carboxylic acids is 1. The number of methoxy groups -OCH3 is 1. The van der Waals surface area contributed by atoms with Crippen LogP contribution in [0.5, 0.6) is 11.5 Å². The van der Waals surface area contributed by atoms with Gasteiger partial charge in [0.05, 0.1) is 18.4 Å². The van der Waals surface area contributed by atoms with Crippen LogP contribution in [-0.4, -0.2) is 29.0 Å². The number of hydrogen-bond donors (Lipinski definition) is 1. The number of thioether (sulfide) groups is 1. The number of hydrogen-bond acceptors (Lipinski definition) is 9. The van der Waals surface area contributed by atoms with Gasteiger partial charge in [-0.15, -0.1) is 21.5 Å². The summed E-state index contributed by atoms with van der Waals surface area (Å²) >= 11 is 2.67. The zero-order chi connectivity index (χ0) is 25.0. The fraction of sp³-hybridized carbons (Fsp3) is 0.440. The predicted molar refractivity (Wildman–Crippen MR) is 135 cm³/mol. The summed E-state index contributed by atoms with van der Waals surface area (Å²) in [4.78, 5) is 13.8. The van der Waals surface area contributed by atoms with Crippen LogP contribution in [0.1, 0.15) is 49.1 Å². The van der Waals surface area contributed by atoms with Gasteiger partial charge in [-0.3, -0.25) is 4.79 Å². The summed E-state index contributed by atoms with van der Waals surface area (Å²) in [6, 6.07) is 9.48. The standard InChI is InChI=1S/C25H28N4O4S2/c1-25(2,3)15-5-10-18-19(12-26)23(35-20(18)11-15)27-21(30)14-34-24-29-28-22(33-24)13-32-17-8-6-16(31-4)7-9-17/h6-9,15H,5,10-11,13-14H2,1-4H3,(H,27,30)/t15-/m1/s1. The van der Waals surface area contributed by atoms with Gasteiger partial charge >= 0.3 is 0 Å². The molecule has 2 heterocycles. The van der Waals surface area contributed by atoms with Gasteiger partial charge in [0, 0.05) is 4.88 Å². The number of benzene rings is 1. The minimum atomic E-state index is -0.216. The Labute approximate surface area is 213 Å². The number of nitrogens with one attached hydrogen (secondary N) is 1. The fourth-order valence-electron chi connectivity index (χ4n) is 3.99. The summed E-state index contributed by atoms with van der Waals surface area (Å²) in [6.45, 7) is 6.90. The molecule has 1 N–H and O–H groups in total. The van der Waals surface area contributed by atoms with E-state index in [4.69, 9.17) is 13.9 Å². The third-order valence-electron chi connectivity index (χ3n) is 6.05.